The first-order valence-electron chi connectivity index (χ1n) is 8.96. The standard InChI is InChI=1S/C20H26N2O3/c1-15(23)18-9-11-22(14-18)20(24)21-10-4-12-25-19-8-7-16-5-2-3-6-17(16)13-19/h2-3,5-8,13,15,18,23H,4,9-12,14H2,1H3,(H,21,24)/t15-,18-/m0/s1. The molecule has 3 rings (SSSR count). The number of nitrogens with one attached hydrogen (secondary N) is 1. The van der Waals surface area contributed by atoms with E-state index in [0.717, 1.165) is 30.5 Å². The molecule has 0 saturated carbocycles. The van der Waals surface area contributed by atoms with Gasteiger partial charge in [0, 0.05) is 25.6 Å². The number of aliphatic hydroxyl groups excluding tert-OH is 1. The second-order valence-electron chi connectivity index (χ2n) is 6.68. The molecular weight excluding hydrogens is 316 g/mol. The molecule has 0 aliphatic carbocycles. The summed E-state index contributed by atoms with van der Waals surface area (Å²) in [5, 5.41) is 14.9. The topological polar surface area (TPSA) is 61.8 Å². The highest BCUT2D eigenvalue weighted by atomic mass is 16.5. The summed E-state index contributed by atoms with van der Waals surface area (Å²) in [4.78, 5) is 13.9. The zero-order valence-corrected chi connectivity index (χ0v) is 14.6. The molecule has 2 atom stereocenters. The van der Waals surface area contributed by atoms with E-state index in [0.29, 0.717) is 19.7 Å². The third-order valence-corrected chi connectivity index (χ3v) is 4.78. The van der Waals surface area contributed by atoms with Gasteiger partial charge < -0.3 is 20.1 Å². The molecule has 1 aliphatic heterocycles. The number of nitrogens with zero attached hydrogens (tertiary/aromatic N) is 1. The van der Waals surface area contributed by atoms with Gasteiger partial charge in [0.1, 0.15) is 5.75 Å². The van der Waals surface area contributed by atoms with Gasteiger partial charge in [-0.05, 0) is 42.7 Å². The molecule has 5 nitrogen and oxygen atoms in total. The highest BCUT2D eigenvalue weighted by Gasteiger charge is 2.28. The third kappa shape index (κ3) is 4.63. The second kappa shape index (κ2) is 8.21. The molecule has 0 aromatic heterocycles. The Bertz CT molecular complexity index is 717. The summed E-state index contributed by atoms with van der Waals surface area (Å²) in [6.45, 7) is 4.29. The van der Waals surface area contributed by atoms with E-state index in [4.69, 9.17) is 4.74 Å². The zero-order valence-electron chi connectivity index (χ0n) is 14.6. The predicted octanol–water partition coefficient (Wildman–Crippen LogP) is 3.02. The maximum atomic E-state index is 12.1. The van der Waals surface area contributed by atoms with Crippen LogP contribution in [0.15, 0.2) is 42.5 Å². The summed E-state index contributed by atoms with van der Waals surface area (Å²) in [6.07, 6.45) is 1.27. The van der Waals surface area contributed by atoms with Crippen LogP contribution in [0.5, 0.6) is 5.75 Å². The fourth-order valence-corrected chi connectivity index (χ4v) is 3.19. The van der Waals surface area contributed by atoms with Crippen molar-refractivity contribution in [2.24, 2.45) is 5.92 Å². The first-order chi connectivity index (χ1) is 12.1. The van der Waals surface area contributed by atoms with Crippen molar-refractivity contribution in [3.8, 4) is 5.75 Å². The lowest BCUT2D eigenvalue weighted by atomic mass is 10.0. The van der Waals surface area contributed by atoms with Gasteiger partial charge in [-0.25, -0.2) is 4.79 Å². The van der Waals surface area contributed by atoms with Crippen molar-refractivity contribution >= 4 is 16.8 Å². The molecule has 0 spiro atoms. The van der Waals surface area contributed by atoms with Crippen LogP contribution in [0.3, 0.4) is 0 Å². The molecule has 2 N–H and O–H groups in total. The molecule has 1 heterocycles. The van der Waals surface area contributed by atoms with Crippen molar-refractivity contribution < 1.29 is 14.6 Å². The average Bonchev–Trinajstić information content (AvgIpc) is 3.12. The summed E-state index contributed by atoms with van der Waals surface area (Å²) in [5.41, 5.74) is 0. The van der Waals surface area contributed by atoms with Crippen LogP contribution >= 0.6 is 0 Å². The normalized spacial score (nSPS) is 18.3. The Morgan fingerprint density at radius 1 is 1.32 bits per heavy atom. The summed E-state index contributed by atoms with van der Waals surface area (Å²) in [6, 6.07) is 14.2. The quantitative estimate of drug-likeness (QED) is 0.793. The maximum absolute atomic E-state index is 12.1. The third-order valence-electron chi connectivity index (χ3n) is 4.78. The van der Waals surface area contributed by atoms with Crippen molar-refractivity contribution in [1.82, 2.24) is 10.2 Å². The minimum absolute atomic E-state index is 0.0474. The number of hydrogen-bond acceptors (Lipinski definition) is 3. The van der Waals surface area contributed by atoms with Crippen molar-refractivity contribution in [2.75, 3.05) is 26.2 Å². The van der Waals surface area contributed by atoms with Crippen LogP contribution in [0, 0.1) is 5.92 Å². The number of rotatable bonds is 6. The van der Waals surface area contributed by atoms with Crippen LogP contribution in [0.25, 0.3) is 10.8 Å². The number of likely N-dealkylation sites (tertiary alicyclic amines) is 1. The van der Waals surface area contributed by atoms with Crippen molar-refractivity contribution in [1.29, 1.82) is 0 Å². The van der Waals surface area contributed by atoms with Crippen molar-refractivity contribution in [3.05, 3.63) is 42.5 Å². The van der Waals surface area contributed by atoms with Crippen LogP contribution in [-0.4, -0.2) is 48.4 Å². The van der Waals surface area contributed by atoms with Gasteiger partial charge in [-0.15, -0.1) is 0 Å². The monoisotopic (exact) mass is 342 g/mol. The van der Waals surface area contributed by atoms with Gasteiger partial charge in [0.25, 0.3) is 0 Å². The number of urea groups is 1. The van der Waals surface area contributed by atoms with Crippen LogP contribution in [0.2, 0.25) is 0 Å². The van der Waals surface area contributed by atoms with E-state index in [1.807, 2.05) is 24.3 Å². The number of amides is 2. The van der Waals surface area contributed by atoms with Gasteiger partial charge in [0.2, 0.25) is 0 Å². The number of hydrogen-bond donors (Lipinski definition) is 2. The second-order valence-corrected chi connectivity index (χ2v) is 6.68. The van der Waals surface area contributed by atoms with Gasteiger partial charge in [0.15, 0.2) is 0 Å². The molecule has 1 fully saturated rings. The van der Waals surface area contributed by atoms with Gasteiger partial charge in [-0.3, -0.25) is 0 Å². The smallest absolute Gasteiger partial charge is 0.317 e. The number of carbonyl (C=O) groups is 1. The van der Waals surface area contributed by atoms with E-state index >= 15 is 0 Å². The van der Waals surface area contributed by atoms with E-state index in [9.17, 15) is 9.90 Å². The Kier molecular flexibility index (Phi) is 5.76. The molecule has 2 aromatic rings. The molecule has 0 unspecified atom stereocenters. The summed E-state index contributed by atoms with van der Waals surface area (Å²) in [5.74, 6) is 1.05. The van der Waals surface area contributed by atoms with E-state index in [1.165, 1.54) is 5.39 Å². The molecule has 1 aliphatic rings. The Balaban J connectivity index is 1.36. The molecular formula is C20H26N2O3. The van der Waals surface area contributed by atoms with E-state index in [-0.39, 0.29) is 18.1 Å². The van der Waals surface area contributed by atoms with E-state index in [2.05, 4.69) is 23.5 Å². The fourth-order valence-electron chi connectivity index (χ4n) is 3.19. The first-order valence-corrected chi connectivity index (χ1v) is 8.96. The van der Waals surface area contributed by atoms with Gasteiger partial charge in [-0.2, -0.15) is 0 Å². The highest BCUT2D eigenvalue weighted by Crippen LogP contribution is 2.21. The van der Waals surface area contributed by atoms with Crippen LogP contribution in [0.4, 0.5) is 4.79 Å². The number of carbonyl (C=O) groups excluding carboxylic acids is 1. The van der Waals surface area contributed by atoms with Gasteiger partial charge in [0.05, 0.1) is 12.7 Å². The fraction of sp³-hybridized carbons (Fsp3) is 0.450. The number of aliphatic hydroxyl groups is 1. The van der Waals surface area contributed by atoms with E-state index in [1.54, 1.807) is 11.8 Å². The summed E-state index contributed by atoms with van der Waals surface area (Å²) < 4.78 is 5.77. The lowest BCUT2D eigenvalue weighted by Gasteiger charge is -2.18. The number of ether oxygens (including phenoxy) is 1. The van der Waals surface area contributed by atoms with E-state index < -0.39 is 0 Å². The molecule has 0 radical (unpaired) electrons. The Morgan fingerprint density at radius 2 is 2.12 bits per heavy atom. The van der Waals surface area contributed by atoms with Crippen LogP contribution in [0.1, 0.15) is 19.8 Å². The Morgan fingerprint density at radius 3 is 2.88 bits per heavy atom. The minimum Gasteiger partial charge on any atom is -0.494 e. The molecule has 2 amide bonds. The Labute approximate surface area is 148 Å². The largest absolute Gasteiger partial charge is 0.494 e. The molecule has 0 bridgehead atoms. The average molecular weight is 342 g/mol. The van der Waals surface area contributed by atoms with Crippen LogP contribution < -0.4 is 10.1 Å². The van der Waals surface area contributed by atoms with Crippen molar-refractivity contribution in [3.63, 3.8) is 0 Å². The lowest BCUT2D eigenvalue weighted by Crippen LogP contribution is -2.39. The molecule has 25 heavy (non-hydrogen) atoms. The first kappa shape index (κ1) is 17.5. The molecule has 2 aromatic carbocycles. The summed E-state index contributed by atoms with van der Waals surface area (Å²) in [7, 11) is 0. The molecule has 134 valence electrons. The van der Waals surface area contributed by atoms with Crippen LogP contribution in [-0.2, 0) is 0 Å². The van der Waals surface area contributed by atoms with Gasteiger partial charge in [-0.1, -0.05) is 30.3 Å². The number of fused-ring (bicyclic) bond motifs is 1. The van der Waals surface area contributed by atoms with Crippen molar-refractivity contribution in [2.45, 2.75) is 25.9 Å². The maximum Gasteiger partial charge on any atom is 0.317 e. The highest BCUT2D eigenvalue weighted by molar-refractivity contribution is 5.83. The zero-order chi connectivity index (χ0) is 17.6. The predicted molar refractivity (Wildman–Crippen MR) is 98.8 cm³/mol. The minimum atomic E-state index is -0.354. The summed E-state index contributed by atoms with van der Waals surface area (Å²) >= 11 is 0. The number of benzene rings is 2. The Hall–Kier alpha value is -2.27. The van der Waals surface area contributed by atoms with Gasteiger partial charge >= 0.3 is 6.03 Å². The SMILES string of the molecule is C[C@H](O)[C@H]1CCN(C(=O)NCCCOc2ccc3ccccc3c2)C1. The lowest BCUT2D eigenvalue weighted by molar-refractivity contribution is 0.129. The molecule has 5 heteroatoms. The molecule has 1 saturated heterocycles.